The summed E-state index contributed by atoms with van der Waals surface area (Å²) in [4.78, 5) is 16.5. The van der Waals surface area contributed by atoms with Crippen molar-refractivity contribution < 1.29 is 9.53 Å². The summed E-state index contributed by atoms with van der Waals surface area (Å²) in [5, 5.41) is 16.8. The van der Waals surface area contributed by atoms with Crippen LogP contribution in [0.2, 0.25) is 10.0 Å². The number of ether oxygens (including phenoxy) is 1. The Morgan fingerprint density at radius 3 is 2.65 bits per heavy atom. The molecule has 8 nitrogen and oxygen atoms in total. The van der Waals surface area contributed by atoms with Gasteiger partial charge in [0.1, 0.15) is 5.75 Å². The van der Waals surface area contributed by atoms with Gasteiger partial charge in [0.05, 0.1) is 10.7 Å². The van der Waals surface area contributed by atoms with Crippen LogP contribution in [-0.4, -0.2) is 37.3 Å². The molecule has 3 aromatic heterocycles. The van der Waals surface area contributed by atoms with Crippen molar-refractivity contribution >= 4 is 40.4 Å². The predicted molar refractivity (Wildman–Crippen MR) is 130 cm³/mol. The molecule has 0 aliphatic rings. The van der Waals surface area contributed by atoms with Crippen LogP contribution in [0.5, 0.6) is 5.75 Å². The molecule has 0 saturated heterocycles. The predicted octanol–water partition coefficient (Wildman–Crippen LogP) is 5.18. The molecule has 0 fully saturated rings. The molecule has 1 N–H and O–H groups in total. The Bertz CT molecular complexity index is 1490. The van der Waals surface area contributed by atoms with Crippen molar-refractivity contribution in [2.75, 3.05) is 11.9 Å². The molecule has 0 saturated carbocycles. The van der Waals surface area contributed by atoms with E-state index in [4.69, 9.17) is 33.0 Å². The van der Waals surface area contributed by atoms with Gasteiger partial charge >= 0.3 is 0 Å². The second kappa shape index (κ2) is 9.46. The number of rotatable bonds is 6. The first-order valence-electron chi connectivity index (χ1n) is 10.2. The molecule has 0 radical (unpaired) electrons. The van der Waals surface area contributed by atoms with Crippen LogP contribution in [0.15, 0.2) is 79.1 Å². The monoisotopic (exact) mass is 490 g/mol. The molecule has 5 rings (SSSR count). The molecule has 0 spiro atoms. The average Bonchev–Trinajstić information content (AvgIpc) is 3.29. The van der Waals surface area contributed by atoms with Gasteiger partial charge in [-0.25, -0.2) is 0 Å². The fourth-order valence-electron chi connectivity index (χ4n) is 3.31. The number of hydrogen-bond acceptors (Lipinski definition) is 6. The van der Waals surface area contributed by atoms with E-state index in [1.807, 2.05) is 42.5 Å². The van der Waals surface area contributed by atoms with E-state index in [0.29, 0.717) is 38.6 Å². The summed E-state index contributed by atoms with van der Waals surface area (Å²) in [6.45, 7) is -0.218. The summed E-state index contributed by atoms with van der Waals surface area (Å²) in [7, 11) is 0. The van der Waals surface area contributed by atoms with Crippen LogP contribution < -0.4 is 10.1 Å². The zero-order valence-corrected chi connectivity index (χ0v) is 19.0. The van der Waals surface area contributed by atoms with E-state index < -0.39 is 0 Å². The number of aromatic nitrogens is 5. The van der Waals surface area contributed by atoms with E-state index in [0.717, 1.165) is 11.1 Å². The minimum absolute atomic E-state index is 0.218. The molecular weight excluding hydrogens is 475 g/mol. The second-order valence-electron chi connectivity index (χ2n) is 7.24. The highest BCUT2D eigenvalue weighted by Crippen LogP contribution is 2.28. The van der Waals surface area contributed by atoms with Gasteiger partial charge in [0.15, 0.2) is 18.1 Å². The Labute approximate surface area is 204 Å². The Balaban J connectivity index is 1.34. The number of carbonyl (C=O) groups excluding carboxylic acids is 1. The number of anilines is 1. The van der Waals surface area contributed by atoms with Gasteiger partial charge in [-0.3, -0.25) is 9.78 Å². The highest BCUT2D eigenvalue weighted by molar-refractivity contribution is 6.34. The number of carbonyl (C=O) groups is 1. The van der Waals surface area contributed by atoms with E-state index in [9.17, 15) is 4.79 Å². The van der Waals surface area contributed by atoms with Crippen molar-refractivity contribution in [1.29, 1.82) is 0 Å². The summed E-state index contributed by atoms with van der Waals surface area (Å²) in [6, 6.07) is 19.6. The Morgan fingerprint density at radius 2 is 1.79 bits per heavy atom. The van der Waals surface area contributed by atoms with E-state index >= 15 is 0 Å². The van der Waals surface area contributed by atoms with E-state index in [1.54, 1.807) is 41.2 Å². The third kappa shape index (κ3) is 4.68. The molecule has 3 heterocycles. The molecular formula is C24H16Cl2N6O2. The fourth-order valence-corrected chi connectivity index (χ4v) is 3.64. The number of pyridine rings is 1. The van der Waals surface area contributed by atoms with Gasteiger partial charge < -0.3 is 10.1 Å². The van der Waals surface area contributed by atoms with Gasteiger partial charge in [0, 0.05) is 40.3 Å². The summed E-state index contributed by atoms with van der Waals surface area (Å²) in [5.74, 6) is 0.616. The zero-order chi connectivity index (χ0) is 23.5. The number of hydrogen-bond donors (Lipinski definition) is 1. The third-order valence-corrected chi connectivity index (χ3v) is 5.44. The molecule has 10 heteroatoms. The maximum Gasteiger partial charge on any atom is 0.262 e. The summed E-state index contributed by atoms with van der Waals surface area (Å²) < 4.78 is 7.18. The molecule has 0 atom stereocenters. The third-order valence-electron chi connectivity index (χ3n) is 4.90. The Morgan fingerprint density at radius 1 is 0.941 bits per heavy atom. The number of amides is 1. The molecule has 0 unspecified atom stereocenters. The first kappa shape index (κ1) is 21.8. The lowest BCUT2D eigenvalue weighted by molar-refractivity contribution is -0.118. The lowest BCUT2D eigenvalue weighted by Crippen LogP contribution is -2.20. The fraction of sp³-hybridized carbons (Fsp3) is 0.0417. The number of halogens is 2. The number of nitrogens with zero attached hydrogens (tertiary/aromatic N) is 5. The molecule has 0 aliphatic heterocycles. The van der Waals surface area contributed by atoms with Crippen LogP contribution in [0.3, 0.4) is 0 Å². The smallest absolute Gasteiger partial charge is 0.262 e. The first-order valence-corrected chi connectivity index (χ1v) is 10.9. The molecule has 5 aromatic rings. The molecule has 168 valence electrons. The van der Waals surface area contributed by atoms with E-state index in [-0.39, 0.29) is 12.5 Å². The molecule has 2 aromatic carbocycles. The number of fused-ring (bicyclic) bond motifs is 1. The van der Waals surface area contributed by atoms with Crippen molar-refractivity contribution in [2.24, 2.45) is 0 Å². The second-order valence-corrected chi connectivity index (χ2v) is 8.08. The standard InChI is InChI=1S/C24H16Cl2N6O2/c25-17-4-5-19(26)21(13-17)34-14-23(33)28-18-3-1-2-16(12-18)20-6-7-22-29-30-24(32(22)31-20)15-8-10-27-11-9-15/h1-13H,14H2,(H,28,33). The van der Waals surface area contributed by atoms with Crippen molar-refractivity contribution in [3.8, 4) is 28.4 Å². The van der Waals surface area contributed by atoms with Gasteiger partial charge in [-0.2, -0.15) is 9.61 Å². The van der Waals surface area contributed by atoms with E-state index in [1.165, 1.54) is 0 Å². The van der Waals surface area contributed by atoms with Gasteiger partial charge in [-0.05, 0) is 48.5 Å². The normalized spacial score (nSPS) is 10.9. The van der Waals surface area contributed by atoms with Crippen LogP contribution in [-0.2, 0) is 4.79 Å². The largest absolute Gasteiger partial charge is 0.482 e. The molecule has 1 amide bonds. The van der Waals surface area contributed by atoms with Crippen LogP contribution in [0, 0.1) is 0 Å². The van der Waals surface area contributed by atoms with E-state index in [2.05, 4.69) is 20.5 Å². The van der Waals surface area contributed by atoms with Crippen molar-refractivity contribution in [3.05, 3.63) is 89.2 Å². The quantitative estimate of drug-likeness (QED) is 0.352. The Hall–Kier alpha value is -4.01. The highest BCUT2D eigenvalue weighted by Gasteiger charge is 2.12. The molecule has 0 aliphatic carbocycles. The van der Waals surface area contributed by atoms with Gasteiger partial charge in [-0.1, -0.05) is 35.3 Å². The molecule has 0 bridgehead atoms. The van der Waals surface area contributed by atoms with Gasteiger partial charge in [0.25, 0.3) is 5.91 Å². The van der Waals surface area contributed by atoms with Gasteiger partial charge in [-0.15, -0.1) is 10.2 Å². The zero-order valence-electron chi connectivity index (χ0n) is 17.5. The van der Waals surface area contributed by atoms with Crippen LogP contribution in [0.4, 0.5) is 5.69 Å². The van der Waals surface area contributed by atoms with Crippen LogP contribution in [0.1, 0.15) is 0 Å². The Kier molecular flexibility index (Phi) is 6.07. The minimum Gasteiger partial charge on any atom is -0.482 e. The summed E-state index contributed by atoms with van der Waals surface area (Å²) >= 11 is 12.0. The van der Waals surface area contributed by atoms with Gasteiger partial charge in [0.2, 0.25) is 0 Å². The lowest BCUT2D eigenvalue weighted by Gasteiger charge is -2.10. The highest BCUT2D eigenvalue weighted by atomic mass is 35.5. The maximum absolute atomic E-state index is 12.4. The number of nitrogens with one attached hydrogen (secondary N) is 1. The summed E-state index contributed by atoms with van der Waals surface area (Å²) in [5.41, 5.74) is 3.58. The average molecular weight is 491 g/mol. The SMILES string of the molecule is O=C(COc1cc(Cl)ccc1Cl)Nc1cccc(-c2ccc3nnc(-c4ccncc4)n3n2)c1. The van der Waals surface area contributed by atoms with Crippen molar-refractivity contribution in [3.63, 3.8) is 0 Å². The van der Waals surface area contributed by atoms with Crippen LogP contribution in [0.25, 0.3) is 28.3 Å². The van der Waals surface area contributed by atoms with Crippen molar-refractivity contribution in [2.45, 2.75) is 0 Å². The minimum atomic E-state index is -0.338. The maximum atomic E-state index is 12.4. The topological polar surface area (TPSA) is 94.3 Å². The first-order chi connectivity index (χ1) is 16.6. The summed E-state index contributed by atoms with van der Waals surface area (Å²) in [6.07, 6.45) is 3.38. The molecule has 34 heavy (non-hydrogen) atoms. The lowest BCUT2D eigenvalue weighted by atomic mass is 10.1. The van der Waals surface area contributed by atoms with Crippen LogP contribution >= 0.6 is 23.2 Å². The van der Waals surface area contributed by atoms with Crippen molar-refractivity contribution in [1.82, 2.24) is 24.8 Å². The number of benzene rings is 2.